The maximum atomic E-state index is 13.1. The van der Waals surface area contributed by atoms with Crippen molar-refractivity contribution in [2.45, 2.75) is 82.7 Å². The third kappa shape index (κ3) is 9.31. The quantitative estimate of drug-likeness (QED) is 0.124. The first-order valence-corrected chi connectivity index (χ1v) is 20.5. The Kier molecular flexibility index (Phi) is 12.2. The van der Waals surface area contributed by atoms with Gasteiger partial charge in [0, 0.05) is 56.1 Å². The minimum atomic E-state index is -3.57. The van der Waals surface area contributed by atoms with Crippen molar-refractivity contribution in [2.75, 3.05) is 47.1 Å². The van der Waals surface area contributed by atoms with Gasteiger partial charge in [-0.05, 0) is 96.0 Å². The predicted octanol–water partition coefficient (Wildman–Crippen LogP) is 7.44. The molecule has 2 aliphatic heterocycles. The Morgan fingerprint density at radius 3 is 2.36 bits per heavy atom. The number of hydrogen-bond acceptors (Lipinski definition) is 11. The van der Waals surface area contributed by atoms with E-state index >= 15 is 0 Å². The highest BCUT2D eigenvalue weighted by Crippen LogP contribution is 2.38. The van der Waals surface area contributed by atoms with Crippen molar-refractivity contribution in [3.05, 3.63) is 83.0 Å². The van der Waals surface area contributed by atoms with E-state index in [1.165, 1.54) is 6.20 Å². The first-order chi connectivity index (χ1) is 26.2. The fourth-order valence-corrected chi connectivity index (χ4v) is 8.20. The topological polar surface area (TPSA) is 149 Å². The van der Waals surface area contributed by atoms with Crippen molar-refractivity contribution in [3.63, 3.8) is 0 Å². The van der Waals surface area contributed by atoms with Crippen molar-refractivity contribution >= 4 is 67.9 Å². The van der Waals surface area contributed by atoms with Gasteiger partial charge in [0.25, 0.3) is 0 Å². The molecule has 0 aliphatic carbocycles. The summed E-state index contributed by atoms with van der Waals surface area (Å²) in [6.45, 7) is 12.3. The van der Waals surface area contributed by atoms with Crippen LogP contribution >= 0.6 is 11.6 Å². The Morgan fingerprint density at radius 2 is 1.69 bits per heavy atom. The van der Waals surface area contributed by atoms with E-state index in [-0.39, 0.29) is 39.7 Å². The van der Waals surface area contributed by atoms with Crippen LogP contribution in [0.25, 0.3) is 0 Å². The van der Waals surface area contributed by atoms with Crippen molar-refractivity contribution < 1.29 is 22.7 Å². The summed E-state index contributed by atoms with van der Waals surface area (Å²) >= 11 is 6.50. The summed E-state index contributed by atoms with van der Waals surface area (Å²) in [5, 5.41) is 8.44. The molecule has 6 rings (SSSR count). The number of piperidine rings is 1. The van der Waals surface area contributed by atoms with E-state index in [0.29, 0.717) is 36.1 Å². The van der Waals surface area contributed by atoms with Gasteiger partial charge in [-0.15, -0.1) is 0 Å². The van der Waals surface area contributed by atoms with Gasteiger partial charge in [0.05, 0.1) is 33.8 Å². The molecule has 2 aliphatic rings. The molecule has 3 N–H and O–H groups in total. The molecular weight excluding hydrogens is 740 g/mol. The Hall–Kier alpha value is -4.92. The van der Waals surface area contributed by atoms with Gasteiger partial charge in [0.2, 0.25) is 11.9 Å². The molecule has 3 amide bonds. The summed E-state index contributed by atoms with van der Waals surface area (Å²) in [6, 6.07) is 18.8. The minimum absolute atomic E-state index is 0.0893. The number of rotatable bonds is 13. The standard InChI is InChI=1S/C40H49ClN8O5S/c1-25(2)54-35-22-34(48-18-15-29(16-19-48)47(6)24-28-11-13-30(14-12-28)49-20-17-37(50)45-40(49)51)27(5)21-33(35)44-39-42-23-31(41)38(46-39)43-32-9-7-8-10-36(32)55(52,53)26(3)4/h7-14,21-23,25-26,29H,15-20,24H2,1-6H3,(H,45,50,51)(H2,42,43,44,46). The van der Waals surface area contributed by atoms with E-state index in [4.69, 9.17) is 16.3 Å². The summed E-state index contributed by atoms with van der Waals surface area (Å²) in [6.07, 6.45) is 3.66. The third-order valence-electron chi connectivity index (χ3n) is 9.88. The van der Waals surface area contributed by atoms with Crippen molar-refractivity contribution in [2.24, 2.45) is 0 Å². The molecule has 55 heavy (non-hydrogen) atoms. The van der Waals surface area contributed by atoms with Crippen molar-refractivity contribution in [1.29, 1.82) is 0 Å². The van der Waals surface area contributed by atoms with E-state index in [0.717, 1.165) is 55.0 Å². The van der Waals surface area contributed by atoms with E-state index in [1.54, 1.807) is 43.0 Å². The van der Waals surface area contributed by atoms with E-state index in [9.17, 15) is 18.0 Å². The van der Waals surface area contributed by atoms with Gasteiger partial charge in [-0.25, -0.2) is 18.2 Å². The lowest BCUT2D eigenvalue weighted by Gasteiger charge is -2.38. The van der Waals surface area contributed by atoms with Crippen molar-refractivity contribution in [1.82, 2.24) is 20.2 Å². The number of aromatic nitrogens is 2. The highest BCUT2D eigenvalue weighted by Gasteiger charge is 2.27. The number of urea groups is 1. The number of nitrogens with one attached hydrogen (secondary N) is 3. The maximum Gasteiger partial charge on any atom is 0.328 e. The van der Waals surface area contributed by atoms with Crippen LogP contribution in [0.2, 0.25) is 5.02 Å². The fraction of sp³-hybridized carbons (Fsp3) is 0.400. The Bertz CT molecular complexity index is 2140. The average Bonchev–Trinajstić information content (AvgIpc) is 3.14. The number of aryl methyl sites for hydroxylation is 1. The number of sulfone groups is 1. The highest BCUT2D eigenvalue weighted by molar-refractivity contribution is 7.92. The van der Waals surface area contributed by atoms with Crippen LogP contribution in [-0.2, 0) is 21.2 Å². The Balaban J connectivity index is 1.12. The van der Waals surface area contributed by atoms with Crippen molar-refractivity contribution in [3.8, 4) is 5.75 Å². The van der Waals surface area contributed by atoms with Crippen LogP contribution in [0.1, 0.15) is 58.1 Å². The zero-order valence-corrected chi connectivity index (χ0v) is 33.7. The second-order valence-electron chi connectivity index (χ2n) is 14.6. The maximum absolute atomic E-state index is 13.1. The Labute approximate surface area is 328 Å². The van der Waals surface area contributed by atoms with Crippen LogP contribution < -0.4 is 30.5 Å². The average molecular weight is 789 g/mol. The zero-order chi connectivity index (χ0) is 39.4. The number of carbonyl (C=O) groups excluding carboxylic acids is 2. The number of nitrogens with zero attached hydrogens (tertiary/aromatic N) is 5. The molecule has 2 fully saturated rings. The van der Waals surface area contributed by atoms with Gasteiger partial charge in [-0.2, -0.15) is 4.98 Å². The molecule has 0 bridgehead atoms. The molecule has 1 aromatic heterocycles. The summed E-state index contributed by atoms with van der Waals surface area (Å²) in [5.41, 5.74) is 5.18. The van der Waals surface area contributed by atoms with E-state index < -0.39 is 15.1 Å². The number of carbonyl (C=O) groups is 2. The van der Waals surface area contributed by atoms with Crippen LogP contribution in [0, 0.1) is 6.92 Å². The molecule has 0 radical (unpaired) electrons. The van der Waals surface area contributed by atoms with Crippen LogP contribution in [0.5, 0.6) is 5.75 Å². The molecule has 3 aromatic carbocycles. The van der Waals surface area contributed by atoms with Gasteiger partial charge < -0.3 is 20.3 Å². The number of ether oxygens (including phenoxy) is 1. The van der Waals surface area contributed by atoms with Crippen LogP contribution in [0.3, 0.4) is 0 Å². The molecule has 2 saturated heterocycles. The van der Waals surface area contributed by atoms with Crippen LogP contribution in [0.4, 0.5) is 39.3 Å². The summed E-state index contributed by atoms with van der Waals surface area (Å²) < 4.78 is 32.4. The zero-order valence-electron chi connectivity index (χ0n) is 32.1. The molecule has 0 atom stereocenters. The van der Waals surface area contributed by atoms with Gasteiger partial charge in [0.1, 0.15) is 10.8 Å². The lowest BCUT2D eigenvalue weighted by Crippen LogP contribution is -2.49. The largest absolute Gasteiger partial charge is 0.489 e. The molecule has 15 heteroatoms. The third-order valence-corrected chi connectivity index (χ3v) is 12.4. The number of benzene rings is 3. The molecule has 4 aromatic rings. The van der Waals surface area contributed by atoms with E-state index in [1.807, 2.05) is 44.2 Å². The summed E-state index contributed by atoms with van der Waals surface area (Å²) in [7, 11) is -1.41. The molecule has 0 saturated carbocycles. The molecule has 0 unspecified atom stereocenters. The molecule has 292 valence electrons. The minimum Gasteiger partial charge on any atom is -0.489 e. The molecule has 13 nitrogen and oxygen atoms in total. The first kappa shape index (κ1) is 39.8. The lowest BCUT2D eigenvalue weighted by atomic mass is 10.0. The SMILES string of the molecule is Cc1cc(Nc2ncc(Cl)c(Nc3ccccc3S(=O)(=O)C(C)C)n2)c(OC(C)C)cc1N1CCC(N(C)Cc2ccc(N3CCC(=O)NC3=O)cc2)CC1. The lowest BCUT2D eigenvalue weighted by molar-refractivity contribution is -0.120. The number of para-hydroxylation sites is 1. The summed E-state index contributed by atoms with van der Waals surface area (Å²) in [4.78, 5) is 39.4. The Morgan fingerprint density at radius 1 is 0.982 bits per heavy atom. The predicted molar refractivity (Wildman–Crippen MR) is 218 cm³/mol. The molecule has 3 heterocycles. The molecule has 0 spiro atoms. The normalized spacial score (nSPS) is 15.5. The number of anilines is 6. The van der Waals surface area contributed by atoms with Gasteiger partial charge >= 0.3 is 6.03 Å². The van der Waals surface area contributed by atoms with Gasteiger partial charge in [-0.1, -0.05) is 35.9 Å². The first-order valence-electron chi connectivity index (χ1n) is 18.6. The van der Waals surface area contributed by atoms with Gasteiger partial charge in [0.15, 0.2) is 15.7 Å². The van der Waals surface area contributed by atoms with Gasteiger partial charge in [-0.3, -0.25) is 19.9 Å². The molecular formula is C40H49ClN8O5S. The van der Waals surface area contributed by atoms with Crippen LogP contribution in [0.15, 0.2) is 71.8 Å². The monoisotopic (exact) mass is 788 g/mol. The number of amides is 3. The van der Waals surface area contributed by atoms with Crippen LogP contribution in [-0.4, -0.2) is 79.3 Å². The number of hydrogen-bond donors (Lipinski definition) is 3. The summed E-state index contributed by atoms with van der Waals surface area (Å²) in [5.74, 6) is 0.952. The van der Waals surface area contributed by atoms with E-state index in [2.05, 4.69) is 55.8 Å². The smallest absolute Gasteiger partial charge is 0.328 e. The second-order valence-corrected chi connectivity index (χ2v) is 17.5. The number of halogens is 1. The second kappa shape index (κ2) is 16.8. The fourth-order valence-electron chi connectivity index (χ4n) is 6.86. The highest BCUT2D eigenvalue weighted by atomic mass is 35.5. The number of imide groups is 1.